The van der Waals surface area contributed by atoms with Crippen LogP contribution in [0.25, 0.3) is 0 Å². The Kier molecular flexibility index (Phi) is 7.26. The normalized spacial score (nSPS) is 12.2. The highest BCUT2D eigenvalue weighted by Crippen LogP contribution is 2.22. The van der Waals surface area contributed by atoms with E-state index < -0.39 is 11.6 Å². The van der Waals surface area contributed by atoms with E-state index in [2.05, 4.69) is 24.1 Å². The number of nitrogens with zero attached hydrogens (tertiary/aromatic N) is 1. The summed E-state index contributed by atoms with van der Waals surface area (Å²) in [5.74, 6) is -1.17. The zero-order valence-corrected chi connectivity index (χ0v) is 12.5. The zero-order chi connectivity index (χ0) is 15.0. The molecule has 0 radical (unpaired) electrons. The molecule has 0 aliphatic rings. The first-order valence-corrected chi connectivity index (χ1v) is 7.34. The van der Waals surface area contributed by atoms with Crippen molar-refractivity contribution in [2.45, 2.75) is 46.5 Å². The summed E-state index contributed by atoms with van der Waals surface area (Å²) >= 11 is 0. The van der Waals surface area contributed by atoms with Crippen molar-refractivity contribution >= 4 is 5.82 Å². The SMILES string of the molecule is CCCCC(CC)COc1nc(NCC)c(F)cc1F. The van der Waals surface area contributed by atoms with Crippen LogP contribution in [0.15, 0.2) is 6.07 Å². The lowest BCUT2D eigenvalue weighted by Gasteiger charge is -2.16. The van der Waals surface area contributed by atoms with Crippen molar-refractivity contribution in [1.29, 1.82) is 0 Å². The summed E-state index contributed by atoms with van der Waals surface area (Å²) < 4.78 is 32.5. The zero-order valence-electron chi connectivity index (χ0n) is 12.5. The molecule has 0 fully saturated rings. The quantitative estimate of drug-likeness (QED) is 0.731. The van der Waals surface area contributed by atoms with Crippen molar-refractivity contribution in [2.75, 3.05) is 18.5 Å². The van der Waals surface area contributed by atoms with Gasteiger partial charge in [0.2, 0.25) is 0 Å². The molecule has 0 aliphatic heterocycles. The van der Waals surface area contributed by atoms with E-state index in [9.17, 15) is 8.78 Å². The summed E-state index contributed by atoms with van der Waals surface area (Å²) in [6.45, 7) is 6.98. The number of pyridine rings is 1. The Bertz CT molecular complexity index is 413. The molecule has 1 N–H and O–H groups in total. The molecule has 0 amide bonds. The number of ether oxygens (including phenoxy) is 1. The Labute approximate surface area is 119 Å². The number of anilines is 1. The summed E-state index contributed by atoms with van der Waals surface area (Å²) in [5, 5.41) is 2.75. The molecule has 3 nitrogen and oxygen atoms in total. The Morgan fingerprint density at radius 1 is 1.25 bits per heavy atom. The second kappa shape index (κ2) is 8.72. The number of nitrogens with one attached hydrogen (secondary N) is 1. The van der Waals surface area contributed by atoms with E-state index in [0.717, 1.165) is 31.7 Å². The summed E-state index contributed by atoms with van der Waals surface area (Å²) in [5.41, 5.74) is 0. The third kappa shape index (κ3) is 4.94. The van der Waals surface area contributed by atoms with E-state index in [1.165, 1.54) is 0 Å². The monoisotopic (exact) mass is 286 g/mol. The molecule has 0 bridgehead atoms. The maximum absolute atomic E-state index is 13.6. The topological polar surface area (TPSA) is 34.1 Å². The molecule has 0 aromatic carbocycles. The number of unbranched alkanes of at least 4 members (excludes halogenated alkanes) is 1. The number of hydrogen-bond acceptors (Lipinski definition) is 3. The van der Waals surface area contributed by atoms with Gasteiger partial charge in [-0.1, -0.05) is 33.1 Å². The molecule has 1 heterocycles. The van der Waals surface area contributed by atoms with Crippen LogP contribution in [0.2, 0.25) is 0 Å². The molecule has 1 unspecified atom stereocenters. The van der Waals surface area contributed by atoms with Gasteiger partial charge >= 0.3 is 0 Å². The van der Waals surface area contributed by atoms with E-state index in [0.29, 0.717) is 19.1 Å². The van der Waals surface area contributed by atoms with Crippen LogP contribution in [-0.2, 0) is 0 Å². The lowest BCUT2D eigenvalue weighted by molar-refractivity contribution is 0.216. The van der Waals surface area contributed by atoms with E-state index in [1.807, 2.05) is 6.92 Å². The molecule has 114 valence electrons. The number of halogens is 2. The first kappa shape index (κ1) is 16.7. The third-order valence-electron chi connectivity index (χ3n) is 3.24. The van der Waals surface area contributed by atoms with E-state index in [-0.39, 0.29) is 11.7 Å². The van der Waals surface area contributed by atoms with Gasteiger partial charge in [0.05, 0.1) is 6.61 Å². The summed E-state index contributed by atoms with van der Waals surface area (Å²) in [6, 6.07) is 0.813. The Morgan fingerprint density at radius 3 is 2.60 bits per heavy atom. The maximum Gasteiger partial charge on any atom is 0.252 e. The molecule has 5 heteroatoms. The Balaban J connectivity index is 2.68. The molecule has 0 spiro atoms. The molecule has 1 aromatic heterocycles. The molecule has 20 heavy (non-hydrogen) atoms. The molecule has 0 aliphatic carbocycles. The van der Waals surface area contributed by atoms with Gasteiger partial charge in [0.1, 0.15) is 0 Å². The maximum atomic E-state index is 13.6. The second-order valence-electron chi connectivity index (χ2n) is 4.86. The van der Waals surface area contributed by atoms with Gasteiger partial charge < -0.3 is 10.1 Å². The van der Waals surface area contributed by atoms with Crippen LogP contribution in [0.4, 0.5) is 14.6 Å². The first-order valence-electron chi connectivity index (χ1n) is 7.34. The summed E-state index contributed by atoms with van der Waals surface area (Å²) in [4.78, 5) is 3.86. The minimum atomic E-state index is -0.755. The van der Waals surface area contributed by atoms with Crippen LogP contribution < -0.4 is 10.1 Å². The van der Waals surface area contributed by atoms with Crippen molar-refractivity contribution < 1.29 is 13.5 Å². The van der Waals surface area contributed by atoms with Crippen molar-refractivity contribution in [3.8, 4) is 5.88 Å². The first-order chi connectivity index (χ1) is 9.62. The van der Waals surface area contributed by atoms with Gasteiger partial charge in [0, 0.05) is 12.6 Å². The van der Waals surface area contributed by atoms with Crippen LogP contribution >= 0.6 is 0 Å². The highest BCUT2D eigenvalue weighted by molar-refractivity contribution is 5.39. The fourth-order valence-corrected chi connectivity index (χ4v) is 1.94. The second-order valence-corrected chi connectivity index (χ2v) is 4.86. The van der Waals surface area contributed by atoms with Gasteiger partial charge in [-0.2, -0.15) is 4.98 Å². The van der Waals surface area contributed by atoms with Crippen LogP contribution in [0.1, 0.15) is 46.5 Å². The minimum Gasteiger partial charge on any atom is -0.475 e. The average molecular weight is 286 g/mol. The number of hydrogen-bond donors (Lipinski definition) is 1. The molecule has 1 atom stereocenters. The van der Waals surface area contributed by atoms with Gasteiger partial charge in [-0.05, 0) is 19.3 Å². The predicted octanol–water partition coefficient (Wildman–Crippen LogP) is 4.39. The van der Waals surface area contributed by atoms with Crippen molar-refractivity contribution in [3.63, 3.8) is 0 Å². The third-order valence-corrected chi connectivity index (χ3v) is 3.24. The number of aromatic nitrogens is 1. The van der Waals surface area contributed by atoms with Crippen molar-refractivity contribution in [1.82, 2.24) is 4.98 Å². The molecular formula is C15H24F2N2O. The van der Waals surface area contributed by atoms with E-state index >= 15 is 0 Å². The average Bonchev–Trinajstić information content (AvgIpc) is 2.43. The van der Waals surface area contributed by atoms with Crippen LogP contribution in [0.3, 0.4) is 0 Å². The fourth-order valence-electron chi connectivity index (χ4n) is 1.94. The van der Waals surface area contributed by atoms with Crippen LogP contribution in [0.5, 0.6) is 5.88 Å². The summed E-state index contributed by atoms with van der Waals surface area (Å²) in [7, 11) is 0. The highest BCUT2D eigenvalue weighted by atomic mass is 19.1. The summed E-state index contributed by atoms with van der Waals surface area (Å²) in [6.07, 6.45) is 4.28. The van der Waals surface area contributed by atoms with Crippen LogP contribution in [0, 0.1) is 17.6 Å². The van der Waals surface area contributed by atoms with Gasteiger partial charge in [0.15, 0.2) is 17.5 Å². The lowest BCUT2D eigenvalue weighted by atomic mass is 10.0. The predicted molar refractivity (Wildman–Crippen MR) is 77.1 cm³/mol. The van der Waals surface area contributed by atoms with Crippen molar-refractivity contribution in [3.05, 3.63) is 17.7 Å². The molecule has 1 rings (SSSR count). The van der Waals surface area contributed by atoms with E-state index in [1.54, 1.807) is 0 Å². The fraction of sp³-hybridized carbons (Fsp3) is 0.667. The number of rotatable bonds is 9. The van der Waals surface area contributed by atoms with Gasteiger partial charge in [-0.25, -0.2) is 8.78 Å². The Hall–Kier alpha value is -1.39. The minimum absolute atomic E-state index is 0.0329. The largest absolute Gasteiger partial charge is 0.475 e. The molecule has 1 aromatic rings. The molecular weight excluding hydrogens is 262 g/mol. The van der Waals surface area contributed by atoms with E-state index in [4.69, 9.17) is 4.74 Å². The van der Waals surface area contributed by atoms with Crippen LogP contribution in [-0.4, -0.2) is 18.1 Å². The Morgan fingerprint density at radius 2 is 2.00 bits per heavy atom. The molecule has 0 saturated heterocycles. The van der Waals surface area contributed by atoms with Gasteiger partial charge in [-0.15, -0.1) is 0 Å². The molecule has 0 saturated carbocycles. The lowest BCUT2D eigenvalue weighted by Crippen LogP contribution is -2.14. The van der Waals surface area contributed by atoms with Gasteiger partial charge in [0.25, 0.3) is 5.88 Å². The standard InChI is InChI=1S/C15H24F2N2O/c1-4-7-8-11(5-2)10-20-15-13(17)9-12(16)14(19-15)18-6-3/h9,11H,4-8,10H2,1-3H3,(H,18,19). The van der Waals surface area contributed by atoms with Crippen molar-refractivity contribution in [2.24, 2.45) is 5.92 Å². The van der Waals surface area contributed by atoms with Gasteiger partial charge in [-0.3, -0.25) is 0 Å². The highest BCUT2D eigenvalue weighted by Gasteiger charge is 2.14. The smallest absolute Gasteiger partial charge is 0.252 e.